The molecule has 6 heavy (non-hydrogen) atoms. The summed E-state index contributed by atoms with van der Waals surface area (Å²) in [5.41, 5.74) is 0. The van der Waals surface area contributed by atoms with Crippen molar-refractivity contribution in [2.75, 3.05) is 0 Å². The molecule has 0 atom stereocenters. The molecule has 6 heteroatoms. The van der Waals surface area contributed by atoms with Crippen LogP contribution in [0.2, 0.25) is 0 Å². The minimum absolute atomic E-state index is 0. The molecular weight excluding hydrogens is 242 g/mol. The van der Waals surface area contributed by atoms with E-state index in [0.717, 1.165) is 0 Å². The summed E-state index contributed by atoms with van der Waals surface area (Å²) in [6.45, 7) is 0. The number of rotatable bonds is 0. The second-order valence-electron chi connectivity index (χ2n) is 0. The standard InChI is InChI=1S/BrH.4H2N.Pd/h1H;4*1H2;/q;4*-1;. The van der Waals surface area contributed by atoms with Crippen LogP contribution in [-0.2, 0) is 20.4 Å². The maximum absolute atomic E-state index is 0. The van der Waals surface area contributed by atoms with Crippen LogP contribution in [0.3, 0.4) is 0 Å². The van der Waals surface area contributed by atoms with Crippen LogP contribution in [0.1, 0.15) is 0 Å². The van der Waals surface area contributed by atoms with Gasteiger partial charge in [-0.25, -0.2) is 0 Å². The summed E-state index contributed by atoms with van der Waals surface area (Å²) in [6, 6.07) is 0. The van der Waals surface area contributed by atoms with E-state index in [1.807, 2.05) is 0 Å². The van der Waals surface area contributed by atoms with Gasteiger partial charge in [-0.05, 0) is 0 Å². The van der Waals surface area contributed by atoms with Gasteiger partial charge in [0.25, 0.3) is 0 Å². The first-order valence-corrected chi connectivity index (χ1v) is 0. The van der Waals surface area contributed by atoms with Crippen LogP contribution in [0.4, 0.5) is 0 Å². The van der Waals surface area contributed by atoms with Crippen molar-refractivity contribution < 1.29 is 20.4 Å². The third-order valence-electron chi connectivity index (χ3n) is 0. The van der Waals surface area contributed by atoms with E-state index < -0.39 is 0 Å². The first-order chi connectivity index (χ1) is 0. The molecule has 0 heterocycles. The molecule has 0 fully saturated rings. The molecule has 0 aliphatic carbocycles. The molecule has 8 N–H and O–H groups in total. The normalized spacial score (nSPS) is 0. The summed E-state index contributed by atoms with van der Waals surface area (Å²) in [5, 5.41) is 0. The van der Waals surface area contributed by atoms with Crippen LogP contribution in [0.15, 0.2) is 0 Å². The van der Waals surface area contributed by atoms with Gasteiger partial charge in [-0.2, -0.15) is 0 Å². The van der Waals surface area contributed by atoms with E-state index in [1.54, 1.807) is 0 Å². The Morgan fingerprint density at radius 1 is 0.500 bits per heavy atom. The van der Waals surface area contributed by atoms with Crippen molar-refractivity contribution in [3.05, 3.63) is 24.6 Å². The molecule has 0 aromatic carbocycles. The Hall–Kier alpha value is 0.982. The smallest absolute Gasteiger partial charge is 0 e. The maximum Gasteiger partial charge on any atom is 0 e. The van der Waals surface area contributed by atoms with Crippen molar-refractivity contribution >= 4 is 17.0 Å². The van der Waals surface area contributed by atoms with Gasteiger partial charge in [0, 0.05) is 20.4 Å². The Morgan fingerprint density at radius 2 is 0.500 bits per heavy atom. The summed E-state index contributed by atoms with van der Waals surface area (Å²) in [5.74, 6) is 0. The van der Waals surface area contributed by atoms with E-state index in [9.17, 15) is 0 Å². The number of hydrogen-bond donors (Lipinski definition) is 0. The van der Waals surface area contributed by atoms with Gasteiger partial charge in [0.2, 0.25) is 0 Å². The Kier molecular flexibility index (Phi) is 6640. The van der Waals surface area contributed by atoms with E-state index in [1.165, 1.54) is 0 Å². The molecule has 0 saturated heterocycles. The summed E-state index contributed by atoms with van der Waals surface area (Å²) >= 11 is 0. The van der Waals surface area contributed by atoms with Gasteiger partial charge in [0.15, 0.2) is 0 Å². The van der Waals surface area contributed by atoms with E-state index in [2.05, 4.69) is 0 Å². The fraction of sp³-hybridized carbons (Fsp3) is 0. The van der Waals surface area contributed by atoms with Crippen molar-refractivity contribution in [3.8, 4) is 0 Å². The van der Waals surface area contributed by atoms with Gasteiger partial charge in [-0.1, -0.05) is 0 Å². The third-order valence-corrected chi connectivity index (χ3v) is 0. The molecule has 0 aliphatic heterocycles. The molecular formula is H9BrN4Pd-4. The molecule has 0 spiro atoms. The first-order valence-electron chi connectivity index (χ1n) is 0. The Bertz CT molecular complexity index is 7.51. The third kappa shape index (κ3) is 81.9. The van der Waals surface area contributed by atoms with Gasteiger partial charge in [0.05, 0.1) is 0 Å². The molecule has 50 valence electrons. The average molecular weight is 251 g/mol. The summed E-state index contributed by atoms with van der Waals surface area (Å²) < 4.78 is 0. The molecule has 0 aromatic heterocycles. The Balaban J connectivity index is 0. The van der Waals surface area contributed by atoms with Gasteiger partial charge >= 0.3 is 0 Å². The van der Waals surface area contributed by atoms with Crippen LogP contribution in [0.25, 0.3) is 24.6 Å². The number of hydrogen-bond acceptors (Lipinski definition) is 0. The zero-order valence-corrected chi connectivity index (χ0v) is 6.30. The molecule has 0 rings (SSSR count). The fourth-order valence-corrected chi connectivity index (χ4v) is 0. The van der Waals surface area contributed by atoms with Crippen LogP contribution in [-0.4, -0.2) is 0 Å². The fourth-order valence-electron chi connectivity index (χ4n) is 0. The minimum atomic E-state index is 0. The summed E-state index contributed by atoms with van der Waals surface area (Å²) in [7, 11) is 0. The molecule has 0 aliphatic rings. The summed E-state index contributed by atoms with van der Waals surface area (Å²) in [4.78, 5) is 0. The van der Waals surface area contributed by atoms with Crippen molar-refractivity contribution in [1.29, 1.82) is 0 Å². The summed E-state index contributed by atoms with van der Waals surface area (Å²) in [6.07, 6.45) is 0. The molecule has 0 radical (unpaired) electrons. The quantitative estimate of drug-likeness (QED) is 0.583. The van der Waals surface area contributed by atoms with Crippen molar-refractivity contribution in [2.24, 2.45) is 0 Å². The SMILES string of the molecule is Br.[NH2-].[NH2-].[NH2-].[NH2-].[Pd]. The van der Waals surface area contributed by atoms with E-state index in [-0.39, 0.29) is 62.0 Å². The van der Waals surface area contributed by atoms with E-state index >= 15 is 0 Å². The first kappa shape index (κ1) is 259. The zero-order chi connectivity index (χ0) is 0. The van der Waals surface area contributed by atoms with Gasteiger partial charge in [0.1, 0.15) is 0 Å². The topological polar surface area (TPSA) is 134 Å². The minimum Gasteiger partial charge on any atom is -0.693 e. The zero-order valence-electron chi connectivity index (χ0n) is 3.03. The predicted octanol–water partition coefficient (Wildman–Crippen LogP) is 3.44. The molecule has 0 unspecified atom stereocenters. The van der Waals surface area contributed by atoms with Crippen LogP contribution < -0.4 is 0 Å². The molecule has 4 nitrogen and oxygen atoms in total. The largest absolute Gasteiger partial charge is 0.693 e. The van der Waals surface area contributed by atoms with E-state index in [4.69, 9.17) is 0 Å². The monoisotopic (exact) mass is 250 g/mol. The van der Waals surface area contributed by atoms with Gasteiger partial charge in [-0.15, -0.1) is 17.0 Å². The maximum atomic E-state index is 0. The Morgan fingerprint density at radius 3 is 0.500 bits per heavy atom. The predicted molar refractivity (Wildman–Crippen MR) is 31.5 cm³/mol. The molecule has 0 saturated carbocycles. The van der Waals surface area contributed by atoms with Crippen LogP contribution >= 0.6 is 17.0 Å². The average Bonchev–Trinajstić information content (AvgIpc) is 0. The van der Waals surface area contributed by atoms with Crippen LogP contribution in [0.5, 0.6) is 0 Å². The Labute approximate surface area is 62.2 Å². The van der Waals surface area contributed by atoms with E-state index in [0.29, 0.717) is 0 Å². The van der Waals surface area contributed by atoms with Gasteiger partial charge < -0.3 is 24.6 Å². The molecule has 0 amide bonds. The number of halogens is 1. The van der Waals surface area contributed by atoms with Crippen molar-refractivity contribution in [3.63, 3.8) is 0 Å². The van der Waals surface area contributed by atoms with Crippen LogP contribution in [0, 0.1) is 0 Å². The second kappa shape index (κ2) is 154. The van der Waals surface area contributed by atoms with Crippen molar-refractivity contribution in [2.45, 2.75) is 0 Å². The van der Waals surface area contributed by atoms with Gasteiger partial charge in [-0.3, -0.25) is 0 Å². The molecule has 0 aromatic rings. The second-order valence-corrected chi connectivity index (χ2v) is 0. The van der Waals surface area contributed by atoms with Crippen molar-refractivity contribution in [1.82, 2.24) is 0 Å². The number of nitrogens with two attached hydrogens (primary N) is 4. The molecule has 0 bridgehead atoms.